The maximum Gasteiger partial charge on any atom is 0.0695 e. The number of aromatic nitrogens is 2. The summed E-state index contributed by atoms with van der Waals surface area (Å²) in [5, 5.41) is 20.0. The predicted molar refractivity (Wildman–Crippen MR) is 79.2 cm³/mol. The quantitative estimate of drug-likeness (QED) is 0.755. The van der Waals surface area contributed by atoms with Crippen LogP contribution in [0, 0.1) is 12.3 Å². The van der Waals surface area contributed by atoms with Gasteiger partial charge in [-0.1, -0.05) is 23.8 Å². The van der Waals surface area contributed by atoms with Crippen LogP contribution in [0.2, 0.25) is 0 Å². The fourth-order valence-corrected chi connectivity index (χ4v) is 2.53. The Hall–Kier alpha value is -1.65. The summed E-state index contributed by atoms with van der Waals surface area (Å²) >= 11 is 0. The van der Waals surface area contributed by atoms with E-state index < -0.39 is 0 Å². The van der Waals surface area contributed by atoms with E-state index in [1.807, 2.05) is 6.20 Å². The first-order valence-electron chi connectivity index (χ1n) is 7.13. The Bertz CT molecular complexity index is 587. The molecule has 1 aromatic heterocycles. The number of benzene rings is 1. The van der Waals surface area contributed by atoms with Crippen LogP contribution in [0.3, 0.4) is 0 Å². The zero-order chi connectivity index (χ0) is 14.0. The first kappa shape index (κ1) is 13.3. The second kappa shape index (κ2) is 5.38. The molecule has 1 fully saturated rings. The van der Waals surface area contributed by atoms with Gasteiger partial charge in [0, 0.05) is 36.2 Å². The molecule has 1 aliphatic rings. The van der Waals surface area contributed by atoms with Crippen molar-refractivity contribution in [3.05, 3.63) is 41.6 Å². The van der Waals surface area contributed by atoms with Crippen molar-refractivity contribution in [3.8, 4) is 11.3 Å². The minimum absolute atomic E-state index is 0.146. The summed E-state index contributed by atoms with van der Waals surface area (Å²) in [6.45, 7) is 4.04. The van der Waals surface area contributed by atoms with Crippen LogP contribution >= 0.6 is 0 Å². The minimum atomic E-state index is 0.146. The molecular weight excluding hydrogens is 250 g/mol. The maximum atomic E-state index is 9.32. The Morgan fingerprint density at radius 2 is 2.25 bits per heavy atom. The third-order valence-corrected chi connectivity index (χ3v) is 4.13. The second-order valence-corrected chi connectivity index (χ2v) is 5.90. The maximum absolute atomic E-state index is 9.32. The highest BCUT2D eigenvalue weighted by Crippen LogP contribution is 2.44. The Morgan fingerprint density at radius 1 is 1.40 bits per heavy atom. The summed E-state index contributed by atoms with van der Waals surface area (Å²) in [6, 6.07) is 8.41. The predicted octanol–water partition coefficient (Wildman–Crippen LogP) is 2.25. The van der Waals surface area contributed by atoms with E-state index in [0.29, 0.717) is 0 Å². The Morgan fingerprint density at radius 3 is 2.95 bits per heavy atom. The van der Waals surface area contributed by atoms with Gasteiger partial charge < -0.3 is 10.4 Å². The normalized spacial score (nSPS) is 16.3. The number of hydrogen-bond acceptors (Lipinski definition) is 3. The molecule has 0 bridgehead atoms. The van der Waals surface area contributed by atoms with E-state index in [0.717, 1.165) is 31.6 Å². The van der Waals surface area contributed by atoms with E-state index >= 15 is 0 Å². The molecule has 0 amide bonds. The van der Waals surface area contributed by atoms with Gasteiger partial charge in [-0.2, -0.15) is 5.10 Å². The average Bonchev–Trinajstić information content (AvgIpc) is 3.08. The van der Waals surface area contributed by atoms with Gasteiger partial charge in [0.1, 0.15) is 0 Å². The lowest BCUT2D eigenvalue weighted by atomic mass is 10.1. The van der Waals surface area contributed by atoms with Gasteiger partial charge in [0.15, 0.2) is 0 Å². The Kier molecular flexibility index (Phi) is 3.59. The lowest BCUT2D eigenvalue weighted by Crippen LogP contribution is -2.26. The molecule has 0 unspecified atom stereocenters. The van der Waals surface area contributed by atoms with Crippen molar-refractivity contribution in [2.45, 2.75) is 26.3 Å². The Labute approximate surface area is 119 Å². The van der Waals surface area contributed by atoms with Crippen molar-refractivity contribution in [1.82, 2.24) is 15.5 Å². The number of rotatable bonds is 6. The number of aliphatic hydroxyl groups excluding tert-OH is 1. The number of aryl methyl sites for hydroxylation is 1. The summed E-state index contributed by atoms with van der Waals surface area (Å²) in [5.74, 6) is 0. The van der Waals surface area contributed by atoms with Crippen LogP contribution in [-0.4, -0.2) is 28.5 Å². The molecule has 0 saturated heterocycles. The molecule has 20 heavy (non-hydrogen) atoms. The molecule has 2 aromatic rings. The number of aliphatic hydroxyl groups is 1. The van der Waals surface area contributed by atoms with E-state index in [1.165, 1.54) is 16.7 Å². The summed E-state index contributed by atoms with van der Waals surface area (Å²) in [6.07, 6.45) is 4.14. The zero-order valence-electron chi connectivity index (χ0n) is 11.8. The molecular formula is C16H21N3O. The first-order valence-corrected chi connectivity index (χ1v) is 7.13. The molecule has 0 radical (unpaired) electrons. The highest BCUT2D eigenvalue weighted by atomic mass is 16.3. The Balaban J connectivity index is 1.67. The molecule has 3 rings (SSSR count). The van der Waals surface area contributed by atoms with E-state index in [1.54, 1.807) is 0 Å². The highest BCUT2D eigenvalue weighted by molar-refractivity contribution is 5.63. The third kappa shape index (κ3) is 2.76. The van der Waals surface area contributed by atoms with Crippen LogP contribution in [-0.2, 0) is 6.54 Å². The van der Waals surface area contributed by atoms with Crippen LogP contribution in [0.5, 0.6) is 0 Å². The minimum Gasteiger partial charge on any atom is -0.396 e. The fraction of sp³-hybridized carbons (Fsp3) is 0.438. The van der Waals surface area contributed by atoms with Gasteiger partial charge in [0.25, 0.3) is 0 Å². The number of hydrogen-bond donors (Lipinski definition) is 3. The standard InChI is InChI=1S/C16H21N3O/c1-12-3-2-4-13(7-12)15-14(9-18-19-15)8-17-10-16(11-20)5-6-16/h2-4,7,9,17,20H,5-6,8,10-11H2,1H3,(H,18,19). The molecule has 4 nitrogen and oxygen atoms in total. The number of nitrogens with zero attached hydrogens (tertiary/aromatic N) is 1. The highest BCUT2D eigenvalue weighted by Gasteiger charge is 2.41. The summed E-state index contributed by atoms with van der Waals surface area (Å²) in [4.78, 5) is 0. The largest absolute Gasteiger partial charge is 0.396 e. The van der Waals surface area contributed by atoms with Crippen LogP contribution in [0.15, 0.2) is 30.5 Å². The van der Waals surface area contributed by atoms with Gasteiger partial charge in [-0.3, -0.25) is 5.10 Å². The molecule has 3 N–H and O–H groups in total. The van der Waals surface area contributed by atoms with Crippen LogP contribution in [0.25, 0.3) is 11.3 Å². The van der Waals surface area contributed by atoms with Gasteiger partial charge in [0.05, 0.1) is 11.9 Å². The molecule has 0 aliphatic heterocycles. The van der Waals surface area contributed by atoms with Gasteiger partial charge in [-0.15, -0.1) is 0 Å². The van der Waals surface area contributed by atoms with Gasteiger partial charge in [-0.05, 0) is 25.8 Å². The lowest BCUT2D eigenvalue weighted by molar-refractivity contribution is 0.207. The second-order valence-electron chi connectivity index (χ2n) is 5.90. The zero-order valence-corrected chi connectivity index (χ0v) is 11.8. The molecule has 1 heterocycles. The van der Waals surface area contributed by atoms with Crippen molar-refractivity contribution >= 4 is 0 Å². The van der Waals surface area contributed by atoms with Crippen LogP contribution in [0.1, 0.15) is 24.0 Å². The van der Waals surface area contributed by atoms with Crippen molar-refractivity contribution in [2.75, 3.05) is 13.2 Å². The van der Waals surface area contributed by atoms with Crippen molar-refractivity contribution in [2.24, 2.45) is 5.41 Å². The van der Waals surface area contributed by atoms with Crippen LogP contribution < -0.4 is 5.32 Å². The molecule has 1 aromatic carbocycles. The van der Waals surface area contributed by atoms with Gasteiger partial charge in [0.2, 0.25) is 0 Å². The smallest absolute Gasteiger partial charge is 0.0695 e. The molecule has 106 valence electrons. The van der Waals surface area contributed by atoms with E-state index in [4.69, 9.17) is 0 Å². The summed E-state index contributed by atoms with van der Waals surface area (Å²) in [7, 11) is 0. The van der Waals surface area contributed by atoms with E-state index in [-0.39, 0.29) is 12.0 Å². The molecule has 4 heteroatoms. The summed E-state index contributed by atoms with van der Waals surface area (Å²) < 4.78 is 0. The molecule has 1 aliphatic carbocycles. The lowest BCUT2D eigenvalue weighted by Gasteiger charge is -2.12. The van der Waals surface area contributed by atoms with Crippen LogP contribution in [0.4, 0.5) is 0 Å². The van der Waals surface area contributed by atoms with Crippen molar-refractivity contribution in [3.63, 3.8) is 0 Å². The molecule has 1 saturated carbocycles. The third-order valence-electron chi connectivity index (χ3n) is 4.13. The number of nitrogens with one attached hydrogen (secondary N) is 2. The fourth-order valence-electron chi connectivity index (χ4n) is 2.53. The van der Waals surface area contributed by atoms with Gasteiger partial charge >= 0.3 is 0 Å². The molecule has 0 spiro atoms. The topological polar surface area (TPSA) is 60.9 Å². The number of H-pyrrole nitrogens is 1. The average molecular weight is 271 g/mol. The van der Waals surface area contributed by atoms with Crippen molar-refractivity contribution in [1.29, 1.82) is 0 Å². The monoisotopic (exact) mass is 271 g/mol. The number of aromatic amines is 1. The van der Waals surface area contributed by atoms with E-state index in [9.17, 15) is 5.11 Å². The van der Waals surface area contributed by atoms with E-state index in [2.05, 4.69) is 46.7 Å². The first-order chi connectivity index (χ1) is 9.72. The SMILES string of the molecule is Cc1cccc(-c2[nH]ncc2CNCC2(CO)CC2)c1. The van der Waals surface area contributed by atoms with Gasteiger partial charge in [-0.25, -0.2) is 0 Å². The summed E-state index contributed by atoms with van der Waals surface area (Å²) in [5.41, 5.74) is 4.81. The van der Waals surface area contributed by atoms with Crippen molar-refractivity contribution < 1.29 is 5.11 Å². The molecule has 0 atom stereocenters.